The van der Waals surface area contributed by atoms with Crippen LogP contribution in [0.3, 0.4) is 0 Å². The first kappa shape index (κ1) is 14.3. The van der Waals surface area contributed by atoms with Crippen LogP contribution in [0.4, 0.5) is 0 Å². The summed E-state index contributed by atoms with van der Waals surface area (Å²) in [4.78, 5) is 23.3. The molecule has 0 fully saturated rings. The average molecular weight is 274 g/mol. The maximum atomic E-state index is 11.7. The number of ether oxygens (including phenoxy) is 2. The molecule has 0 heterocycles. The van der Waals surface area contributed by atoms with Gasteiger partial charge in [-0.15, -0.1) is 0 Å². The van der Waals surface area contributed by atoms with Gasteiger partial charge in [0.2, 0.25) is 0 Å². The lowest BCUT2D eigenvalue weighted by Gasteiger charge is -2.16. The Labute approximate surface area is 118 Å². The molecular weight excluding hydrogens is 256 g/mol. The number of hydrogen-bond acceptors (Lipinski definition) is 4. The highest BCUT2D eigenvalue weighted by atomic mass is 16.6. The Morgan fingerprint density at radius 2 is 1.80 bits per heavy atom. The fourth-order valence-electron chi connectivity index (χ4n) is 2.06. The van der Waals surface area contributed by atoms with Crippen LogP contribution in [0.1, 0.15) is 29.6 Å². The van der Waals surface area contributed by atoms with E-state index in [0.29, 0.717) is 5.56 Å². The highest BCUT2D eigenvalue weighted by Gasteiger charge is 2.20. The van der Waals surface area contributed by atoms with E-state index >= 15 is 0 Å². The second kappa shape index (κ2) is 7.48. The van der Waals surface area contributed by atoms with Crippen molar-refractivity contribution in [1.82, 2.24) is 0 Å². The molecule has 0 spiro atoms. The second-order valence-electron chi connectivity index (χ2n) is 4.65. The first-order chi connectivity index (χ1) is 9.77. The number of carbonyl (C=O) groups excluding carboxylic acids is 2. The average Bonchev–Trinajstić information content (AvgIpc) is 2.53. The molecule has 0 radical (unpaired) electrons. The molecule has 0 saturated carbocycles. The van der Waals surface area contributed by atoms with Crippen LogP contribution in [0.5, 0.6) is 0 Å². The maximum absolute atomic E-state index is 11.7. The minimum Gasteiger partial charge on any atom is -0.462 e. The molecule has 1 aromatic carbocycles. The van der Waals surface area contributed by atoms with Gasteiger partial charge in [0.1, 0.15) is 13.2 Å². The number of benzene rings is 1. The zero-order valence-electron chi connectivity index (χ0n) is 11.3. The third-order valence-corrected chi connectivity index (χ3v) is 3.17. The predicted molar refractivity (Wildman–Crippen MR) is 74.2 cm³/mol. The molecule has 0 bridgehead atoms. The quantitative estimate of drug-likeness (QED) is 0.470. The molecule has 4 heteroatoms. The Morgan fingerprint density at radius 3 is 2.50 bits per heavy atom. The van der Waals surface area contributed by atoms with Gasteiger partial charge < -0.3 is 9.47 Å². The summed E-state index contributed by atoms with van der Waals surface area (Å²) >= 11 is 0. The Bertz CT molecular complexity index is 479. The molecule has 0 aromatic heterocycles. The number of hydrogen-bond donors (Lipinski definition) is 0. The van der Waals surface area contributed by atoms with Crippen molar-refractivity contribution in [2.75, 3.05) is 13.2 Å². The van der Waals surface area contributed by atoms with Crippen LogP contribution in [0.15, 0.2) is 42.5 Å². The van der Waals surface area contributed by atoms with E-state index in [2.05, 4.69) is 6.08 Å². The van der Waals surface area contributed by atoms with Crippen molar-refractivity contribution >= 4 is 11.9 Å². The smallest absolute Gasteiger partial charge is 0.338 e. The summed E-state index contributed by atoms with van der Waals surface area (Å²) in [5.41, 5.74) is 0.497. The van der Waals surface area contributed by atoms with Crippen molar-refractivity contribution in [3.8, 4) is 0 Å². The van der Waals surface area contributed by atoms with Gasteiger partial charge in [-0.05, 0) is 31.4 Å². The molecule has 2 rings (SSSR count). The third-order valence-electron chi connectivity index (χ3n) is 3.17. The van der Waals surface area contributed by atoms with Gasteiger partial charge in [0.15, 0.2) is 0 Å². The summed E-state index contributed by atoms with van der Waals surface area (Å²) in [7, 11) is 0. The van der Waals surface area contributed by atoms with Crippen molar-refractivity contribution in [3.63, 3.8) is 0 Å². The topological polar surface area (TPSA) is 52.6 Å². The Balaban J connectivity index is 1.65. The predicted octanol–water partition coefficient (Wildman–Crippen LogP) is 2.74. The molecule has 0 aliphatic heterocycles. The first-order valence-electron chi connectivity index (χ1n) is 6.81. The van der Waals surface area contributed by atoms with Crippen molar-refractivity contribution in [2.24, 2.45) is 5.92 Å². The molecule has 0 amide bonds. The van der Waals surface area contributed by atoms with E-state index in [-0.39, 0.29) is 25.1 Å². The van der Waals surface area contributed by atoms with Crippen LogP contribution in [0.2, 0.25) is 0 Å². The number of carbonyl (C=O) groups is 2. The van der Waals surface area contributed by atoms with Crippen LogP contribution >= 0.6 is 0 Å². The van der Waals surface area contributed by atoms with Crippen LogP contribution < -0.4 is 0 Å². The molecule has 1 aliphatic carbocycles. The van der Waals surface area contributed by atoms with E-state index in [9.17, 15) is 9.59 Å². The lowest BCUT2D eigenvalue weighted by molar-refractivity contribution is -0.149. The van der Waals surface area contributed by atoms with E-state index in [1.807, 2.05) is 12.1 Å². The van der Waals surface area contributed by atoms with Gasteiger partial charge in [0.25, 0.3) is 0 Å². The number of rotatable bonds is 5. The summed E-state index contributed by atoms with van der Waals surface area (Å²) in [5, 5.41) is 0. The summed E-state index contributed by atoms with van der Waals surface area (Å²) in [6.45, 7) is 0.194. The molecule has 0 N–H and O–H groups in total. The van der Waals surface area contributed by atoms with Gasteiger partial charge in [-0.2, -0.15) is 0 Å². The Hall–Kier alpha value is -2.10. The number of esters is 2. The van der Waals surface area contributed by atoms with Gasteiger partial charge in [0.05, 0.1) is 11.5 Å². The summed E-state index contributed by atoms with van der Waals surface area (Å²) in [6, 6.07) is 8.74. The Kier molecular flexibility index (Phi) is 5.35. The Morgan fingerprint density at radius 1 is 1.05 bits per heavy atom. The van der Waals surface area contributed by atoms with Crippen LogP contribution in [-0.2, 0) is 14.3 Å². The van der Waals surface area contributed by atoms with E-state index < -0.39 is 5.97 Å². The second-order valence-corrected chi connectivity index (χ2v) is 4.65. The molecule has 20 heavy (non-hydrogen) atoms. The molecule has 1 aliphatic rings. The lowest BCUT2D eigenvalue weighted by atomic mass is 9.95. The normalized spacial score (nSPS) is 17.5. The van der Waals surface area contributed by atoms with E-state index in [0.717, 1.165) is 19.3 Å². The lowest BCUT2D eigenvalue weighted by Crippen LogP contribution is -2.21. The van der Waals surface area contributed by atoms with Gasteiger partial charge in [-0.3, -0.25) is 4.79 Å². The van der Waals surface area contributed by atoms with Crippen molar-refractivity contribution in [3.05, 3.63) is 48.0 Å². The van der Waals surface area contributed by atoms with Gasteiger partial charge in [0, 0.05) is 0 Å². The molecule has 1 aromatic rings. The summed E-state index contributed by atoms with van der Waals surface area (Å²) in [5.74, 6) is -0.655. The zero-order valence-corrected chi connectivity index (χ0v) is 11.3. The molecular formula is C16H18O4. The highest BCUT2D eigenvalue weighted by molar-refractivity contribution is 5.89. The van der Waals surface area contributed by atoms with Crippen LogP contribution in [0.25, 0.3) is 0 Å². The van der Waals surface area contributed by atoms with Crippen molar-refractivity contribution < 1.29 is 19.1 Å². The van der Waals surface area contributed by atoms with E-state index in [1.54, 1.807) is 24.3 Å². The summed E-state index contributed by atoms with van der Waals surface area (Å²) in [6.07, 6.45) is 6.57. The van der Waals surface area contributed by atoms with Crippen LogP contribution in [0, 0.1) is 5.92 Å². The van der Waals surface area contributed by atoms with Gasteiger partial charge >= 0.3 is 11.9 Å². The van der Waals surface area contributed by atoms with Crippen molar-refractivity contribution in [1.29, 1.82) is 0 Å². The van der Waals surface area contributed by atoms with Gasteiger partial charge in [-0.25, -0.2) is 4.79 Å². The standard InChI is InChI=1S/C16H18O4/c17-15(13-7-3-1-4-8-13)19-11-12-20-16(18)14-9-5-2-6-10-14/h1-5,7-8,14H,6,9-12H2/t14-/m1/s1. The minimum atomic E-state index is -0.401. The monoisotopic (exact) mass is 274 g/mol. The molecule has 0 unspecified atom stereocenters. The highest BCUT2D eigenvalue weighted by Crippen LogP contribution is 2.19. The van der Waals surface area contributed by atoms with E-state index in [1.165, 1.54) is 0 Å². The molecule has 106 valence electrons. The van der Waals surface area contributed by atoms with E-state index in [4.69, 9.17) is 9.47 Å². The SMILES string of the molecule is O=C(OCCOC(=O)[C@@H]1CC=CCC1)c1ccccc1. The minimum absolute atomic E-state index is 0.0511. The van der Waals surface area contributed by atoms with Crippen LogP contribution in [-0.4, -0.2) is 25.2 Å². The summed E-state index contributed by atoms with van der Waals surface area (Å²) < 4.78 is 10.2. The maximum Gasteiger partial charge on any atom is 0.338 e. The third kappa shape index (κ3) is 4.23. The van der Waals surface area contributed by atoms with Gasteiger partial charge in [-0.1, -0.05) is 30.4 Å². The fourth-order valence-corrected chi connectivity index (χ4v) is 2.06. The first-order valence-corrected chi connectivity index (χ1v) is 6.81. The fraction of sp³-hybridized carbons (Fsp3) is 0.375. The van der Waals surface area contributed by atoms with Crippen molar-refractivity contribution in [2.45, 2.75) is 19.3 Å². The molecule has 1 atom stereocenters. The largest absolute Gasteiger partial charge is 0.462 e. The number of allylic oxidation sites excluding steroid dienone is 2. The zero-order chi connectivity index (χ0) is 14.2. The molecule has 0 saturated heterocycles. The molecule has 4 nitrogen and oxygen atoms in total.